The Morgan fingerprint density at radius 2 is 2.00 bits per heavy atom. The third-order valence-electron chi connectivity index (χ3n) is 3.57. The van der Waals surface area contributed by atoms with Crippen molar-refractivity contribution in [2.24, 2.45) is 0 Å². The minimum Gasteiger partial charge on any atom is -0.465 e. The quantitative estimate of drug-likeness (QED) is 0.868. The van der Waals surface area contributed by atoms with Gasteiger partial charge in [-0.25, -0.2) is 9.18 Å². The second-order valence-electron chi connectivity index (χ2n) is 4.89. The van der Waals surface area contributed by atoms with Crippen molar-refractivity contribution in [2.75, 3.05) is 12.4 Å². The second-order valence-corrected chi connectivity index (χ2v) is 4.89. The van der Waals surface area contributed by atoms with Crippen molar-refractivity contribution < 1.29 is 13.9 Å². The summed E-state index contributed by atoms with van der Waals surface area (Å²) in [6.45, 7) is 4.60. The van der Waals surface area contributed by atoms with E-state index in [1.807, 2.05) is 32.0 Å². The average Bonchev–Trinajstić information content (AvgIpc) is 2.48. The molecule has 0 aliphatic heterocycles. The van der Waals surface area contributed by atoms with E-state index in [9.17, 15) is 9.18 Å². The lowest BCUT2D eigenvalue weighted by Gasteiger charge is -2.13. The van der Waals surface area contributed by atoms with Crippen molar-refractivity contribution >= 4 is 11.7 Å². The van der Waals surface area contributed by atoms with Crippen molar-refractivity contribution in [1.29, 1.82) is 0 Å². The summed E-state index contributed by atoms with van der Waals surface area (Å²) < 4.78 is 18.1. The van der Waals surface area contributed by atoms with E-state index in [0.29, 0.717) is 17.8 Å². The molecule has 3 nitrogen and oxygen atoms in total. The second kappa shape index (κ2) is 6.39. The van der Waals surface area contributed by atoms with Gasteiger partial charge in [0.05, 0.1) is 18.4 Å². The average molecular weight is 287 g/mol. The van der Waals surface area contributed by atoms with Crippen LogP contribution < -0.4 is 5.32 Å². The van der Waals surface area contributed by atoms with Gasteiger partial charge in [-0.3, -0.25) is 0 Å². The maximum Gasteiger partial charge on any atom is 0.339 e. The fourth-order valence-electron chi connectivity index (χ4n) is 2.14. The maximum atomic E-state index is 13.4. The zero-order chi connectivity index (χ0) is 15.4. The van der Waals surface area contributed by atoms with Crippen LogP contribution in [0.1, 0.15) is 27.0 Å². The molecule has 0 heterocycles. The summed E-state index contributed by atoms with van der Waals surface area (Å²) in [4.78, 5) is 11.7. The summed E-state index contributed by atoms with van der Waals surface area (Å²) in [5.41, 5.74) is 4.24. The first-order valence-corrected chi connectivity index (χ1v) is 6.69. The monoisotopic (exact) mass is 287 g/mol. The number of rotatable bonds is 4. The summed E-state index contributed by atoms with van der Waals surface area (Å²) in [5.74, 6) is -0.885. The first-order chi connectivity index (χ1) is 10.0. The Morgan fingerprint density at radius 3 is 2.71 bits per heavy atom. The van der Waals surface area contributed by atoms with E-state index in [2.05, 4.69) is 5.32 Å². The van der Waals surface area contributed by atoms with Crippen LogP contribution in [0.3, 0.4) is 0 Å². The summed E-state index contributed by atoms with van der Waals surface area (Å²) in [7, 11) is 1.31. The predicted octanol–water partition coefficient (Wildman–Crippen LogP) is 3.84. The molecule has 0 unspecified atom stereocenters. The molecule has 0 aromatic heterocycles. The molecule has 0 aliphatic carbocycles. The fourth-order valence-corrected chi connectivity index (χ4v) is 2.14. The first-order valence-electron chi connectivity index (χ1n) is 6.69. The van der Waals surface area contributed by atoms with Gasteiger partial charge >= 0.3 is 5.97 Å². The molecule has 0 fully saturated rings. The van der Waals surface area contributed by atoms with Crippen molar-refractivity contribution in [3.63, 3.8) is 0 Å². The van der Waals surface area contributed by atoms with Crippen LogP contribution in [0.5, 0.6) is 0 Å². The Labute approximate surface area is 123 Å². The van der Waals surface area contributed by atoms with Gasteiger partial charge in [0.2, 0.25) is 0 Å². The Bertz CT molecular complexity index is 668. The van der Waals surface area contributed by atoms with E-state index >= 15 is 0 Å². The minimum absolute atomic E-state index is 0.323. The van der Waals surface area contributed by atoms with Crippen LogP contribution in [0.4, 0.5) is 10.1 Å². The van der Waals surface area contributed by atoms with Gasteiger partial charge in [0.1, 0.15) is 5.82 Å². The third-order valence-corrected chi connectivity index (χ3v) is 3.57. The highest BCUT2D eigenvalue weighted by Gasteiger charge is 2.13. The first kappa shape index (κ1) is 15.0. The lowest BCUT2D eigenvalue weighted by molar-refractivity contribution is 0.0602. The molecule has 0 amide bonds. The number of halogens is 1. The Morgan fingerprint density at radius 1 is 1.24 bits per heavy atom. The van der Waals surface area contributed by atoms with E-state index in [0.717, 1.165) is 5.56 Å². The smallest absolute Gasteiger partial charge is 0.339 e. The summed E-state index contributed by atoms with van der Waals surface area (Å²) in [6, 6.07) is 10.00. The number of ether oxygens (including phenoxy) is 1. The van der Waals surface area contributed by atoms with Crippen molar-refractivity contribution in [1.82, 2.24) is 0 Å². The molecule has 0 aliphatic rings. The molecule has 0 atom stereocenters. The fraction of sp³-hybridized carbons (Fsp3) is 0.235. The highest BCUT2D eigenvalue weighted by molar-refractivity contribution is 5.95. The topological polar surface area (TPSA) is 38.3 Å². The van der Waals surface area contributed by atoms with Crippen LogP contribution in [0.2, 0.25) is 0 Å². The molecule has 2 aromatic rings. The predicted molar refractivity (Wildman–Crippen MR) is 81.0 cm³/mol. The van der Waals surface area contributed by atoms with Crippen LogP contribution >= 0.6 is 0 Å². The number of nitrogens with one attached hydrogen (secondary N) is 1. The molecule has 4 heteroatoms. The molecule has 0 spiro atoms. The zero-order valence-corrected chi connectivity index (χ0v) is 12.4. The molecule has 1 N–H and O–H groups in total. The van der Waals surface area contributed by atoms with E-state index in [4.69, 9.17) is 4.74 Å². The number of esters is 1. The van der Waals surface area contributed by atoms with Crippen LogP contribution in [0.25, 0.3) is 0 Å². The van der Waals surface area contributed by atoms with Gasteiger partial charge < -0.3 is 10.1 Å². The Kier molecular flexibility index (Phi) is 4.58. The highest BCUT2D eigenvalue weighted by Crippen LogP contribution is 2.20. The van der Waals surface area contributed by atoms with Crippen molar-refractivity contribution in [2.45, 2.75) is 20.4 Å². The van der Waals surface area contributed by atoms with Gasteiger partial charge in [-0.05, 0) is 48.7 Å². The van der Waals surface area contributed by atoms with Crippen LogP contribution in [0.15, 0.2) is 36.4 Å². The van der Waals surface area contributed by atoms with E-state index < -0.39 is 11.8 Å². The molecular formula is C17H18FNO2. The molecule has 0 saturated carbocycles. The normalized spacial score (nSPS) is 10.3. The van der Waals surface area contributed by atoms with Crippen LogP contribution in [-0.4, -0.2) is 13.1 Å². The van der Waals surface area contributed by atoms with Gasteiger partial charge in [0, 0.05) is 6.54 Å². The zero-order valence-electron chi connectivity index (χ0n) is 12.4. The molecule has 0 radical (unpaired) electrons. The number of hydrogen-bond acceptors (Lipinski definition) is 3. The molecule has 2 rings (SSSR count). The minimum atomic E-state index is -0.488. The van der Waals surface area contributed by atoms with Crippen molar-refractivity contribution in [3.8, 4) is 0 Å². The van der Waals surface area contributed by atoms with E-state index in [1.54, 1.807) is 0 Å². The SMILES string of the molecule is COC(=O)c1ccc(F)cc1NCc1cccc(C)c1C. The lowest BCUT2D eigenvalue weighted by atomic mass is 10.0. The van der Waals surface area contributed by atoms with E-state index in [1.165, 1.54) is 36.4 Å². The Hall–Kier alpha value is -2.36. The largest absolute Gasteiger partial charge is 0.465 e. The molecule has 0 bridgehead atoms. The number of anilines is 1. The molecule has 110 valence electrons. The van der Waals surface area contributed by atoms with Crippen LogP contribution in [0, 0.1) is 19.7 Å². The van der Waals surface area contributed by atoms with Gasteiger partial charge in [0.15, 0.2) is 0 Å². The number of aryl methyl sites for hydroxylation is 1. The number of carbonyl (C=O) groups is 1. The molecule has 2 aromatic carbocycles. The molecular weight excluding hydrogens is 269 g/mol. The standard InChI is InChI=1S/C17H18FNO2/c1-11-5-4-6-13(12(11)2)10-19-16-9-14(18)7-8-15(16)17(20)21-3/h4-9,19H,10H2,1-3H3. The summed E-state index contributed by atoms with van der Waals surface area (Å²) in [5, 5.41) is 3.11. The number of methoxy groups -OCH3 is 1. The van der Waals surface area contributed by atoms with Gasteiger partial charge in [-0.15, -0.1) is 0 Å². The van der Waals surface area contributed by atoms with Gasteiger partial charge in [-0.1, -0.05) is 18.2 Å². The molecule has 0 saturated heterocycles. The van der Waals surface area contributed by atoms with Gasteiger partial charge in [-0.2, -0.15) is 0 Å². The third kappa shape index (κ3) is 3.40. The van der Waals surface area contributed by atoms with Crippen LogP contribution in [-0.2, 0) is 11.3 Å². The van der Waals surface area contributed by atoms with E-state index in [-0.39, 0.29) is 0 Å². The summed E-state index contributed by atoms with van der Waals surface area (Å²) >= 11 is 0. The number of carbonyl (C=O) groups excluding carboxylic acids is 1. The Balaban J connectivity index is 2.25. The highest BCUT2D eigenvalue weighted by atomic mass is 19.1. The van der Waals surface area contributed by atoms with Crippen molar-refractivity contribution in [3.05, 3.63) is 64.5 Å². The lowest BCUT2D eigenvalue weighted by Crippen LogP contribution is -2.09. The number of benzene rings is 2. The maximum absolute atomic E-state index is 13.4. The molecule has 21 heavy (non-hydrogen) atoms. The number of hydrogen-bond donors (Lipinski definition) is 1. The summed E-state index contributed by atoms with van der Waals surface area (Å²) in [6.07, 6.45) is 0. The van der Waals surface area contributed by atoms with Gasteiger partial charge in [0.25, 0.3) is 0 Å².